The number of carbonyl (C=O) groups excluding carboxylic acids is 1. The minimum atomic E-state index is -1.04. The second-order valence-corrected chi connectivity index (χ2v) is 5.85. The largest absolute Gasteiger partial charge is 0.394 e. The molecule has 94 valence electrons. The molecule has 0 saturated heterocycles. The van der Waals surface area contributed by atoms with E-state index in [9.17, 15) is 9.00 Å². The van der Waals surface area contributed by atoms with Crippen LogP contribution in [0.3, 0.4) is 0 Å². The molecule has 0 fully saturated rings. The van der Waals surface area contributed by atoms with E-state index in [0.29, 0.717) is 10.5 Å². The van der Waals surface area contributed by atoms with Gasteiger partial charge in [0.25, 0.3) is 5.91 Å². The molecule has 1 unspecified atom stereocenters. The van der Waals surface area contributed by atoms with Crippen LogP contribution in [0.1, 0.15) is 24.2 Å². The summed E-state index contributed by atoms with van der Waals surface area (Å²) in [7, 11) is -1.04. The van der Waals surface area contributed by atoms with Crippen LogP contribution in [0.4, 0.5) is 0 Å². The summed E-state index contributed by atoms with van der Waals surface area (Å²) in [6, 6.07) is 6.58. The molecule has 0 bridgehead atoms. The summed E-state index contributed by atoms with van der Waals surface area (Å²) in [5.74, 6) is -0.252. The molecule has 0 saturated carbocycles. The summed E-state index contributed by atoms with van der Waals surface area (Å²) in [5, 5.41) is 11.8. The van der Waals surface area contributed by atoms with Crippen molar-refractivity contribution in [2.45, 2.75) is 24.3 Å². The lowest BCUT2D eigenvalue weighted by atomic mass is 10.1. The van der Waals surface area contributed by atoms with E-state index in [0.717, 1.165) is 0 Å². The van der Waals surface area contributed by atoms with E-state index in [1.54, 1.807) is 44.4 Å². The van der Waals surface area contributed by atoms with Crippen LogP contribution in [0.15, 0.2) is 29.2 Å². The highest BCUT2D eigenvalue weighted by molar-refractivity contribution is 7.84. The van der Waals surface area contributed by atoms with E-state index in [1.165, 1.54) is 0 Å². The van der Waals surface area contributed by atoms with Crippen LogP contribution in [0.2, 0.25) is 0 Å². The van der Waals surface area contributed by atoms with Gasteiger partial charge >= 0.3 is 0 Å². The Kier molecular flexibility index (Phi) is 4.42. The lowest BCUT2D eigenvalue weighted by molar-refractivity contribution is 0.0869. The van der Waals surface area contributed by atoms with Crippen molar-refractivity contribution in [1.82, 2.24) is 5.32 Å². The second-order valence-electron chi connectivity index (χ2n) is 4.47. The molecule has 1 aromatic carbocycles. The number of benzene rings is 1. The Bertz CT molecular complexity index is 426. The van der Waals surface area contributed by atoms with E-state index >= 15 is 0 Å². The monoisotopic (exact) mass is 255 g/mol. The maximum atomic E-state index is 11.8. The number of amides is 1. The predicted octanol–water partition coefficient (Wildman–Crippen LogP) is 0.925. The van der Waals surface area contributed by atoms with Gasteiger partial charge in [-0.1, -0.05) is 0 Å². The normalized spacial score (nSPS) is 13.2. The Hall–Kier alpha value is -1.20. The molecule has 0 heterocycles. The Morgan fingerprint density at radius 2 is 1.88 bits per heavy atom. The third kappa shape index (κ3) is 3.94. The summed E-state index contributed by atoms with van der Waals surface area (Å²) in [5.41, 5.74) is -0.163. The molecule has 17 heavy (non-hydrogen) atoms. The van der Waals surface area contributed by atoms with Crippen molar-refractivity contribution in [2.24, 2.45) is 0 Å². The van der Waals surface area contributed by atoms with Crippen LogP contribution in [0.25, 0.3) is 0 Å². The van der Waals surface area contributed by atoms with Crippen molar-refractivity contribution in [2.75, 3.05) is 12.9 Å². The Balaban J connectivity index is 2.80. The van der Waals surface area contributed by atoms with Crippen molar-refractivity contribution >= 4 is 16.7 Å². The standard InChI is InChI=1S/C12H17NO3S/c1-12(2,8-14)13-11(15)9-4-6-10(7-5-9)17(3)16/h4-7,14H,8H2,1-3H3,(H,13,15). The molecule has 0 aliphatic rings. The van der Waals surface area contributed by atoms with Crippen LogP contribution in [0.5, 0.6) is 0 Å². The summed E-state index contributed by atoms with van der Waals surface area (Å²) >= 11 is 0. The lowest BCUT2D eigenvalue weighted by Crippen LogP contribution is -2.46. The molecule has 5 heteroatoms. The zero-order valence-electron chi connectivity index (χ0n) is 10.2. The first-order valence-electron chi connectivity index (χ1n) is 5.22. The smallest absolute Gasteiger partial charge is 0.251 e. The fourth-order valence-electron chi connectivity index (χ4n) is 1.22. The van der Waals surface area contributed by atoms with E-state index in [2.05, 4.69) is 5.32 Å². The molecule has 0 spiro atoms. The molecule has 2 N–H and O–H groups in total. The number of nitrogens with one attached hydrogen (secondary N) is 1. The number of carbonyl (C=O) groups is 1. The minimum absolute atomic E-state index is 0.129. The second kappa shape index (κ2) is 5.42. The lowest BCUT2D eigenvalue weighted by Gasteiger charge is -2.23. The molecule has 1 aromatic rings. The number of hydrogen-bond donors (Lipinski definition) is 2. The van der Waals surface area contributed by atoms with Crippen molar-refractivity contribution in [3.05, 3.63) is 29.8 Å². The van der Waals surface area contributed by atoms with Gasteiger partial charge in [-0.05, 0) is 38.1 Å². The van der Waals surface area contributed by atoms with E-state index < -0.39 is 16.3 Å². The Morgan fingerprint density at radius 3 is 2.29 bits per heavy atom. The summed E-state index contributed by atoms with van der Waals surface area (Å²) in [6.45, 7) is 3.34. The highest BCUT2D eigenvalue weighted by Crippen LogP contribution is 2.09. The van der Waals surface area contributed by atoms with Crippen LogP contribution in [0, 0.1) is 0 Å². The SMILES string of the molecule is CS(=O)c1ccc(C(=O)NC(C)(C)CO)cc1. The Morgan fingerprint density at radius 1 is 1.35 bits per heavy atom. The van der Waals surface area contributed by atoms with Gasteiger partial charge in [-0.3, -0.25) is 9.00 Å². The van der Waals surface area contributed by atoms with Crippen molar-refractivity contribution in [3.63, 3.8) is 0 Å². The average Bonchev–Trinajstić information content (AvgIpc) is 2.28. The molecule has 0 radical (unpaired) electrons. The van der Waals surface area contributed by atoms with Gasteiger partial charge < -0.3 is 10.4 Å². The van der Waals surface area contributed by atoms with E-state index in [4.69, 9.17) is 5.11 Å². The zero-order chi connectivity index (χ0) is 13.1. The minimum Gasteiger partial charge on any atom is -0.394 e. The quantitative estimate of drug-likeness (QED) is 0.841. The number of hydrogen-bond acceptors (Lipinski definition) is 3. The number of rotatable bonds is 4. The van der Waals surface area contributed by atoms with Crippen molar-refractivity contribution in [1.29, 1.82) is 0 Å². The predicted molar refractivity (Wildman–Crippen MR) is 67.4 cm³/mol. The molecule has 4 nitrogen and oxygen atoms in total. The van der Waals surface area contributed by atoms with Gasteiger partial charge in [-0.2, -0.15) is 0 Å². The third-order valence-electron chi connectivity index (χ3n) is 2.30. The summed E-state index contributed by atoms with van der Waals surface area (Å²) in [6.07, 6.45) is 1.59. The van der Waals surface area contributed by atoms with Gasteiger partial charge in [0.1, 0.15) is 0 Å². The Labute approximate surface area is 104 Å². The van der Waals surface area contributed by atoms with Gasteiger partial charge in [-0.15, -0.1) is 0 Å². The van der Waals surface area contributed by atoms with Crippen LogP contribution in [-0.2, 0) is 10.8 Å². The fraction of sp³-hybridized carbons (Fsp3) is 0.417. The van der Waals surface area contributed by atoms with Gasteiger partial charge in [-0.25, -0.2) is 0 Å². The van der Waals surface area contributed by atoms with E-state index in [1.807, 2.05) is 0 Å². The third-order valence-corrected chi connectivity index (χ3v) is 3.23. The molecule has 0 aliphatic heterocycles. The summed E-state index contributed by atoms with van der Waals surface area (Å²) in [4.78, 5) is 12.5. The molecular formula is C12H17NO3S. The number of aliphatic hydroxyl groups is 1. The maximum absolute atomic E-state index is 11.8. The zero-order valence-corrected chi connectivity index (χ0v) is 11.0. The van der Waals surface area contributed by atoms with Gasteiger partial charge in [0, 0.05) is 27.5 Å². The first-order valence-corrected chi connectivity index (χ1v) is 6.78. The van der Waals surface area contributed by atoms with Crippen LogP contribution in [-0.4, -0.2) is 33.6 Å². The van der Waals surface area contributed by atoms with Gasteiger partial charge in [0.15, 0.2) is 0 Å². The summed E-state index contributed by atoms with van der Waals surface area (Å²) < 4.78 is 11.2. The van der Waals surface area contributed by atoms with Gasteiger partial charge in [0.2, 0.25) is 0 Å². The first-order chi connectivity index (χ1) is 7.85. The van der Waals surface area contributed by atoms with E-state index in [-0.39, 0.29) is 12.5 Å². The fourth-order valence-corrected chi connectivity index (χ4v) is 1.74. The van der Waals surface area contributed by atoms with Gasteiger partial charge in [0.05, 0.1) is 12.1 Å². The number of aliphatic hydroxyl groups excluding tert-OH is 1. The molecule has 0 aromatic heterocycles. The van der Waals surface area contributed by atoms with Crippen LogP contribution >= 0.6 is 0 Å². The first kappa shape index (κ1) is 13.9. The van der Waals surface area contributed by atoms with Crippen molar-refractivity contribution in [3.8, 4) is 0 Å². The molecule has 1 amide bonds. The molecular weight excluding hydrogens is 238 g/mol. The highest BCUT2D eigenvalue weighted by Gasteiger charge is 2.19. The highest BCUT2D eigenvalue weighted by atomic mass is 32.2. The van der Waals surface area contributed by atoms with Crippen LogP contribution < -0.4 is 5.32 Å². The molecule has 1 atom stereocenters. The topological polar surface area (TPSA) is 66.4 Å². The average molecular weight is 255 g/mol. The maximum Gasteiger partial charge on any atom is 0.251 e. The molecule has 1 rings (SSSR count). The van der Waals surface area contributed by atoms with Crippen molar-refractivity contribution < 1.29 is 14.1 Å². The molecule has 0 aliphatic carbocycles.